The van der Waals surface area contributed by atoms with Crippen LogP contribution in [0, 0.1) is 6.92 Å². The van der Waals surface area contributed by atoms with E-state index in [0.717, 1.165) is 21.4 Å². The average molecular weight is 355 g/mol. The number of carboxylic acid groups (broad SMARTS) is 1. The van der Waals surface area contributed by atoms with Gasteiger partial charge >= 0.3 is 12.0 Å². The summed E-state index contributed by atoms with van der Waals surface area (Å²) in [6, 6.07) is 6.38. The zero-order valence-electron chi connectivity index (χ0n) is 10.4. The second-order valence-electron chi connectivity index (χ2n) is 4.01. The average Bonchev–Trinajstić information content (AvgIpc) is 2.82. The molecule has 1 aromatic heterocycles. The fourth-order valence-corrected chi connectivity index (χ4v) is 2.58. The normalized spacial score (nSPS) is 10.1. The first-order valence-corrected chi connectivity index (χ1v) is 7.29. The highest BCUT2D eigenvalue weighted by Crippen LogP contribution is 2.24. The number of urea groups is 1. The third-order valence-electron chi connectivity index (χ3n) is 2.54. The minimum Gasteiger partial charge on any atom is -0.478 e. The first-order chi connectivity index (χ1) is 9.47. The predicted molar refractivity (Wildman–Crippen MR) is 82.8 cm³/mol. The van der Waals surface area contributed by atoms with Crippen LogP contribution in [-0.4, -0.2) is 17.1 Å². The molecule has 2 rings (SSSR count). The van der Waals surface area contributed by atoms with E-state index in [4.69, 9.17) is 5.11 Å². The van der Waals surface area contributed by atoms with Crippen molar-refractivity contribution in [1.82, 2.24) is 0 Å². The molecule has 0 atom stereocenters. The van der Waals surface area contributed by atoms with Gasteiger partial charge in [-0.25, -0.2) is 9.59 Å². The maximum Gasteiger partial charge on any atom is 0.338 e. The van der Waals surface area contributed by atoms with Crippen LogP contribution >= 0.6 is 27.3 Å². The quantitative estimate of drug-likeness (QED) is 0.774. The molecule has 2 aromatic rings. The number of anilines is 2. The number of hydrogen-bond acceptors (Lipinski definition) is 3. The smallest absolute Gasteiger partial charge is 0.338 e. The summed E-state index contributed by atoms with van der Waals surface area (Å²) in [4.78, 5) is 22.8. The molecule has 0 aliphatic heterocycles. The lowest BCUT2D eigenvalue weighted by atomic mass is 10.2. The number of carboxylic acids is 1. The van der Waals surface area contributed by atoms with Gasteiger partial charge in [-0.15, -0.1) is 11.3 Å². The second-order valence-corrected chi connectivity index (χ2v) is 5.78. The van der Waals surface area contributed by atoms with Gasteiger partial charge in [0.2, 0.25) is 0 Å². The lowest BCUT2D eigenvalue weighted by Gasteiger charge is -2.08. The van der Waals surface area contributed by atoms with Gasteiger partial charge in [0, 0.05) is 10.2 Å². The van der Waals surface area contributed by atoms with Crippen molar-refractivity contribution in [3.63, 3.8) is 0 Å². The topological polar surface area (TPSA) is 78.4 Å². The molecule has 1 aromatic carbocycles. The Bertz CT molecular complexity index is 669. The van der Waals surface area contributed by atoms with E-state index in [2.05, 4.69) is 26.6 Å². The van der Waals surface area contributed by atoms with Crippen molar-refractivity contribution in [2.75, 3.05) is 10.6 Å². The van der Waals surface area contributed by atoms with Crippen molar-refractivity contribution >= 4 is 50.0 Å². The Labute approximate surface area is 127 Å². The Hall–Kier alpha value is -1.86. The van der Waals surface area contributed by atoms with E-state index < -0.39 is 12.0 Å². The highest BCUT2D eigenvalue weighted by Gasteiger charge is 2.13. The van der Waals surface area contributed by atoms with Gasteiger partial charge in [-0.05, 0) is 42.1 Å². The molecular weight excluding hydrogens is 344 g/mol. The van der Waals surface area contributed by atoms with Gasteiger partial charge in [0.25, 0.3) is 0 Å². The molecule has 2 amide bonds. The van der Waals surface area contributed by atoms with Crippen molar-refractivity contribution < 1.29 is 14.7 Å². The molecular formula is C13H11BrN2O3S. The zero-order valence-corrected chi connectivity index (χ0v) is 12.8. The Morgan fingerprint density at radius 3 is 2.65 bits per heavy atom. The summed E-state index contributed by atoms with van der Waals surface area (Å²) >= 11 is 4.54. The molecule has 0 unspecified atom stereocenters. The molecule has 7 heteroatoms. The molecule has 104 valence electrons. The SMILES string of the molecule is Cc1cc(NC(=O)Nc2sccc2C(=O)O)ccc1Br. The number of nitrogens with one attached hydrogen (secondary N) is 2. The van der Waals surface area contributed by atoms with Gasteiger partial charge in [-0.1, -0.05) is 15.9 Å². The van der Waals surface area contributed by atoms with Crippen LogP contribution in [0.1, 0.15) is 15.9 Å². The van der Waals surface area contributed by atoms with E-state index in [-0.39, 0.29) is 5.56 Å². The molecule has 0 saturated carbocycles. The van der Waals surface area contributed by atoms with Crippen molar-refractivity contribution in [1.29, 1.82) is 0 Å². The van der Waals surface area contributed by atoms with Crippen molar-refractivity contribution in [2.24, 2.45) is 0 Å². The van der Waals surface area contributed by atoms with Gasteiger partial charge in [-0.3, -0.25) is 5.32 Å². The fraction of sp³-hybridized carbons (Fsp3) is 0.0769. The fourth-order valence-electron chi connectivity index (χ4n) is 1.56. The maximum atomic E-state index is 11.8. The van der Waals surface area contributed by atoms with E-state index in [1.54, 1.807) is 11.4 Å². The van der Waals surface area contributed by atoms with Crippen LogP contribution in [0.4, 0.5) is 15.5 Å². The van der Waals surface area contributed by atoms with E-state index in [0.29, 0.717) is 10.7 Å². The zero-order chi connectivity index (χ0) is 14.7. The standard InChI is InChI=1S/C13H11BrN2O3S/c1-7-6-8(2-3-10(7)14)15-13(19)16-11-9(12(17)18)4-5-20-11/h2-6H,1H3,(H,17,18)(H2,15,16,19). The molecule has 20 heavy (non-hydrogen) atoms. The largest absolute Gasteiger partial charge is 0.478 e. The number of rotatable bonds is 3. The number of halogens is 1. The van der Waals surface area contributed by atoms with Crippen molar-refractivity contribution in [3.05, 3.63) is 45.2 Å². The Morgan fingerprint density at radius 2 is 2.00 bits per heavy atom. The highest BCUT2D eigenvalue weighted by atomic mass is 79.9. The van der Waals surface area contributed by atoms with E-state index in [1.165, 1.54) is 6.07 Å². The number of thiophene rings is 1. The molecule has 0 fully saturated rings. The lowest BCUT2D eigenvalue weighted by molar-refractivity contribution is 0.0698. The molecule has 0 spiro atoms. The molecule has 1 heterocycles. The summed E-state index contributed by atoms with van der Waals surface area (Å²) in [6.45, 7) is 1.91. The minimum absolute atomic E-state index is 0.0807. The van der Waals surface area contributed by atoms with Crippen LogP contribution in [-0.2, 0) is 0 Å². The van der Waals surface area contributed by atoms with E-state index >= 15 is 0 Å². The van der Waals surface area contributed by atoms with Crippen LogP contribution in [0.25, 0.3) is 0 Å². The second kappa shape index (κ2) is 6.06. The highest BCUT2D eigenvalue weighted by molar-refractivity contribution is 9.10. The third kappa shape index (κ3) is 3.37. The molecule has 0 aliphatic rings. The van der Waals surface area contributed by atoms with Gasteiger partial charge in [0.15, 0.2) is 0 Å². The summed E-state index contributed by atoms with van der Waals surface area (Å²) in [5.41, 5.74) is 1.71. The minimum atomic E-state index is -1.07. The van der Waals surface area contributed by atoms with E-state index in [1.807, 2.05) is 19.1 Å². The number of benzene rings is 1. The molecule has 3 N–H and O–H groups in total. The van der Waals surface area contributed by atoms with Crippen LogP contribution < -0.4 is 10.6 Å². The number of hydrogen-bond donors (Lipinski definition) is 3. The number of aromatic carboxylic acids is 1. The molecule has 5 nitrogen and oxygen atoms in total. The molecule has 0 saturated heterocycles. The number of carbonyl (C=O) groups is 2. The summed E-state index contributed by atoms with van der Waals surface area (Å²) in [7, 11) is 0. The third-order valence-corrected chi connectivity index (χ3v) is 4.26. The van der Waals surface area contributed by atoms with Crippen molar-refractivity contribution in [2.45, 2.75) is 6.92 Å². The van der Waals surface area contributed by atoms with Crippen LogP contribution in [0.2, 0.25) is 0 Å². The first-order valence-electron chi connectivity index (χ1n) is 5.62. The van der Waals surface area contributed by atoms with Crippen LogP contribution in [0.3, 0.4) is 0 Å². The monoisotopic (exact) mass is 354 g/mol. The van der Waals surface area contributed by atoms with Gasteiger partial charge in [0.05, 0.1) is 5.56 Å². The summed E-state index contributed by atoms with van der Waals surface area (Å²) < 4.78 is 0.954. The summed E-state index contributed by atoms with van der Waals surface area (Å²) in [5, 5.41) is 16.1. The van der Waals surface area contributed by atoms with Crippen molar-refractivity contribution in [3.8, 4) is 0 Å². The molecule has 0 aliphatic carbocycles. The number of carbonyl (C=O) groups excluding carboxylic acids is 1. The number of aryl methyl sites for hydroxylation is 1. The maximum absolute atomic E-state index is 11.8. The summed E-state index contributed by atoms with van der Waals surface area (Å²) in [5.74, 6) is -1.07. The Kier molecular flexibility index (Phi) is 4.41. The molecule has 0 radical (unpaired) electrons. The Morgan fingerprint density at radius 1 is 1.25 bits per heavy atom. The van der Waals surface area contributed by atoms with Gasteiger partial charge in [-0.2, -0.15) is 0 Å². The van der Waals surface area contributed by atoms with E-state index in [9.17, 15) is 9.59 Å². The van der Waals surface area contributed by atoms with Gasteiger partial charge in [0.1, 0.15) is 5.00 Å². The number of amides is 2. The van der Waals surface area contributed by atoms with Crippen LogP contribution in [0.5, 0.6) is 0 Å². The first kappa shape index (κ1) is 14.5. The van der Waals surface area contributed by atoms with Crippen LogP contribution in [0.15, 0.2) is 34.1 Å². The Balaban J connectivity index is 2.07. The lowest BCUT2D eigenvalue weighted by Crippen LogP contribution is -2.20. The predicted octanol–water partition coefficient (Wildman–Crippen LogP) is 4.16. The summed E-state index contributed by atoms with van der Waals surface area (Å²) in [6.07, 6.45) is 0. The molecule has 0 bridgehead atoms. The van der Waals surface area contributed by atoms with Gasteiger partial charge < -0.3 is 10.4 Å².